The van der Waals surface area contributed by atoms with Crippen molar-refractivity contribution in [2.24, 2.45) is 0 Å². The lowest BCUT2D eigenvalue weighted by molar-refractivity contribution is -0.144. The third-order valence-electron chi connectivity index (χ3n) is 3.10. The Morgan fingerprint density at radius 1 is 1.33 bits per heavy atom. The van der Waals surface area contributed by atoms with E-state index in [2.05, 4.69) is 10.2 Å². The summed E-state index contributed by atoms with van der Waals surface area (Å²) in [6, 6.07) is -0.166. The van der Waals surface area contributed by atoms with Crippen molar-refractivity contribution < 1.29 is 14.3 Å². The minimum Gasteiger partial charge on any atom is -0.465 e. The zero-order chi connectivity index (χ0) is 16.2. The van der Waals surface area contributed by atoms with Crippen LogP contribution >= 0.6 is 0 Å². The molecular formula is C14H24N4O3. The molecule has 1 amide bonds. The van der Waals surface area contributed by atoms with Crippen LogP contribution in [-0.4, -0.2) is 46.2 Å². The minimum absolute atomic E-state index is 0.117. The molecule has 7 nitrogen and oxygen atoms in total. The van der Waals surface area contributed by atoms with Crippen LogP contribution in [0, 0.1) is 0 Å². The molecule has 0 spiro atoms. The number of anilines is 1. The molecule has 0 fully saturated rings. The molecule has 0 aliphatic rings. The number of H-pyrrole nitrogens is 1. The van der Waals surface area contributed by atoms with Gasteiger partial charge < -0.3 is 15.4 Å². The lowest BCUT2D eigenvalue weighted by Crippen LogP contribution is -2.41. The number of ether oxygens (including phenoxy) is 1. The first-order valence-electron chi connectivity index (χ1n) is 7.09. The number of aromatic nitrogens is 2. The molecule has 21 heavy (non-hydrogen) atoms. The van der Waals surface area contributed by atoms with E-state index >= 15 is 0 Å². The van der Waals surface area contributed by atoms with Crippen molar-refractivity contribution in [1.82, 2.24) is 15.1 Å². The summed E-state index contributed by atoms with van der Waals surface area (Å²) in [6.07, 6.45) is 0. The zero-order valence-corrected chi connectivity index (χ0v) is 13.3. The summed E-state index contributed by atoms with van der Waals surface area (Å²) in [5.74, 6) is -0.687. The third kappa shape index (κ3) is 3.96. The van der Waals surface area contributed by atoms with Crippen LogP contribution in [0.3, 0.4) is 0 Å². The number of hydrogen-bond donors (Lipinski definition) is 2. The Morgan fingerprint density at radius 3 is 2.38 bits per heavy atom. The lowest BCUT2D eigenvalue weighted by atomic mass is 10.1. The molecule has 0 aliphatic carbocycles. The van der Waals surface area contributed by atoms with Gasteiger partial charge in [-0.1, -0.05) is 13.8 Å². The van der Waals surface area contributed by atoms with Crippen LogP contribution in [0.2, 0.25) is 0 Å². The fourth-order valence-electron chi connectivity index (χ4n) is 1.94. The molecule has 0 atom stereocenters. The molecule has 3 N–H and O–H groups in total. The molecule has 0 unspecified atom stereocenters. The Hall–Kier alpha value is -2.05. The molecule has 0 saturated heterocycles. The van der Waals surface area contributed by atoms with Crippen LogP contribution in [0.15, 0.2) is 0 Å². The van der Waals surface area contributed by atoms with Gasteiger partial charge in [0.15, 0.2) is 5.69 Å². The van der Waals surface area contributed by atoms with Gasteiger partial charge in [0.25, 0.3) is 5.91 Å². The molecule has 0 aliphatic heterocycles. The molecular weight excluding hydrogens is 272 g/mol. The average Bonchev–Trinajstić information content (AvgIpc) is 2.77. The van der Waals surface area contributed by atoms with Crippen molar-refractivity contribution in [3.8, 4) is 0 Å². The van der Waals surface area contributed by atoms with E-state index in [1.807, 2.05) is 27.7 Å². The van der Waals surface area contributed by atoms with Crippen LogP contribution in [0.1, 0.15) is 56.7 Å². The smallest absolute Gasteiger partial charge is 0.325 e. The standard InChI is InChI=1S/C14H24N4O3/c1-6-21-10(19)7-18(9(4)5)14(20)13-11(15)12(8(2)3)16-17-13/h8-9H,6-7,15H2,1-5H3,(H,16,17). The molecule has 0 radical (unpaired) electrons. The van der Waals surface area contributed by atoms with Crippen molar-refractivity contribution in [1.29, 1.82) is 0 Å². The first-order valence-corrected chi connectivity index (χ1v) is 7.09. The number of amides is 1. The number of hydrogen-bond acceptors (Lipinski definition) is 5. The Morgan fingerprint density at radius 2 is 1.95 bits per heavy atom. The first-order chi connectivity index (χ1) is 9.79. The number of carbonyl (C=O) groups excluding carboxylic acids is 2. The van der Waals surface area contributed by atoms with Gasteiger partial charge in [-0.15, -0.1) is 0 Å². The van der Waals surface area contributed by atoms with E-state index in [0.29, 0.717) is 5.69 Å². The molecule has 0 aromatic carbocycles. The minimum atomic E-state index is -0.447. The number of esters is 1. The van der Waals surface area contributed by atoms with Crippen molar-refractivity contribution in [2.75, 3.05) is 18.9 Å². The number of nitrogens with zero attached hydrogens (tertiary/aromatic N) is 2. The molecule has 1 heterocycles. The highest BCUT2D eigenvalue weighted by Crippen LogP contribution is 2.23. The van der Waals surface area contributed by atoms with Gasteiger partial charge in [-0.2, -0.15) is 5.10 Å². The van der Waals surface area contributed by atoms with E-state index in [1.54, 1.807) is 6.92 Å². The van der Waals surface area contributed by atoms with Crippen LogP contribution in [0.4, 0.5) is 5.69 Å². The predicted octanol–water partition coefficient (Wildman–Crippen LogP) is 1.53. The number of nitrogen functional groups attached to an aromatic ring is 1. The highest BCUT2D eigenvalue weighted by Gasteiger charge is 2.27. The van der Waals surface area contributed by atoms with Gasteiger partial charge in [-0.05, 0) is 26.7 Å². The van der Waals surface area contributed by atoms with Gasteiger partial charge in [-0.3, -0.25) is 14.7 Å². The topological polar surface area (TPSA) is 101 Å². The number of aromatic amines is 1. The highest BCUT2D eigenvalue weighted by atomic mass is 16.5. The summed E-state index contributed by atoms with van der Waals surface area (Å²) < 4.78 is 4.89. The van der Waals surface area contributed by atoms with Gasteiger partial charge in [0.05, 0.1) is 18.0 Å². The normalized spacial score (nSPS) is 11.0. The van der Waals surface area contributed by atoms with Crippen LogP contribution in [0.5, 0.6) is 0 Å². The van der Waals surface area contributed by atoms with Crippen LogP contribution in [0.25, 0.3) is 0 Å². The van der Waals surface area contributed by atoms with Gasteiger partial charge in [0.1, 0.15) is 6.54 Å². The average molecular weight is 296 g/mol. The van der Waals surface area contributed by atoms with Crippen molar-refractivity contribution >= 4 is 17.6 Å². The molecule has 1 aromatic rings. The largest absolute Gasteiger partial charge is 0.465 e. The van der Waals surface area contributed by atoms with Crippen LogP contribution in [-0.2, 0) is 9.53 Å². The first kappa shape index (κ1) is 17.0. The van der Waals surface area contributed by atoms with E-state index in [0.717, 1.165) is 5.69 Å². The lowest BCUT2D eigenvalue weighted by Gasteiger charge is -2.25. The Kier molecular flexibility index (Phi) is 5.75. The van der Waals surface area contributed by atoms with Crippen molar-refractivity contribution in [2.45, 2.75) is 46.6 Å². The van der Waals surface area contributed by atoms with Gasteiger partial charge >= 0.3 is 5.97 Å². The highest BCUT2D eigenvalue weighted by molar-refractivity contribution is 5.99. The number of carbonyl (C=O) groups is 2. The van der Waals surface area contributed by atoms with E-state index in [4.69, 9.17) is 10.5 Å². The summed E-state index contributed by atoms with van der Waals surface area (Å²) in [6.45, 7) is 9.44. The summed E-state index contributed by atoms with van der Waals surface area (Å²) in [5.41, 5.74) is 7.18. The van der Waals surface area contributed by atoms with E-state index in [9.17, 15) is 9.59 Å². The van der Waals surface area contributed by atoms with Gasteiger partial charge in [0.2, 0.25) is 0 Å². The SMILES string of the molecule is CCOC(=O)CN(C(=O)c1n[nH]c(C(C)C)c1N)C(C)C. The maximum Gasteiger partial charge on any atom is 0.325 e. The third-order valence-corrected chi connectivity index (χ3v) is 3.10. The van der Waals surface area contributed by atoms with Crippen molar-refractivity contribution in [3.05, 3.63) is 11.4 Å². The summed E-state index contributed by atoms with van der Waals surface area (Å²) in [5, 5.41) is 6.79. The molecule has 7 heteroatoms. The molecule has 118 valence electrons. The Balaban J connectivity index is 2.99. The summed E-state index contributed by atoms with van der Waals surface area (Å²) >= 11 is 0. The van der Waals surface area contributed by atoms with E-state index in [-0.39, 0.29) is 36.7 Å². The molecule has 0 saturated carbocycles. The van der Waals surface area contributed by atoms with Crippen LogP contribution < -0.4 is 5.73 Å². The van der Waals surface area contributed by atoms with E-state index in [1.165, 1.54) is 4.90 Å². The maximum absolute atomic E-state index is 12.5. The second kappa shape index (κ2) is 7.10. The number of nitrogens with one attached hydrogen (secondary N) is 1. The van der Waals surface area contributed by atoms with E-state index < -0.39 is 5.97 Å². The molecule has 1 aromatic heterocycles. The summed E-state index contributed by atoms with van der Waals surface area (Å²) in [4.78, 5) is 25.6. The molecule has 1 rings (SSSR count). The number of nitrogens with two attached hydrogens (primary N) is 1. The second-order valence-electron chi connectivity index (χ2n) is 5.39. The fraction of sp³-hybridized carbons (Fsp3) is 0.643. The van der Waals surface area contributed by atoms with Gasteiger partial charge in [-0.25, -0.2) is 0 Å². The van der Waals surface area contributed by atoms with Crippen molar-refractivity contribution in [3.63, 3.8) is 0 Å². The monoisotopic (exact) mass is 296 g/mol. The number of rotatable bonds is 6. The quantitative estimate of drug-likeness (QED) is 0.775. The Bertz CT molecular complexity index is 508. The molecule has 0 bridgehead atoms. The Labute approximate surface area is 124 Å². The fourth-order valence-corrected chi connectivity index (χ4v) is 1.94. The second-order valence-corrected chi connectivity index (χ2v) is 5.39. The predicted molar refractivity (Wildman–Crippen MR) is 79.9 cm³/mol. The summed E-state index contributed by atoms with van der Waals surface area (Å²) in [7, 11) is 0. The maximum atomic E-state index is 12.5. The zero-order valence-electron chi connectivity index (χ0n) is 13.3. The van der Waals surface area contributed by atoms with Gasteiger partial charge in [0, 0.05) is 6.04 Å².